The lowest BCUT2D eigenvalue weighted by atomic mass is 10.2. The third-order valence-corrected chi connectivity index (χ3v) is 2.74. The molecule has 78 valence electrons. The second kappa shape index (κ2) is 3.82. The van der Waals surface area contributed by atoms with Crippen molar-refractivity contribution in [2.75, 3.05) is 0 Å². The number of aromatic amines is 1. The maximum atomic E-state index is 10.9. The van der Waals surface area contributed by atoms with Gasteiger partial charge in [-0.25, -0.2) is 9.78 Å². The van der Waals surface area contributed by atoms with E-state index in [1.165, 1.54) is 11.3 Å². The summed E-state index contributed by atoms with van der Waals surface area (Å²) in [6, 6.07) is 0. The van der Waals surface area contributed by atoms with E-state index >= 15 is 0 Å². The maximum absolute atomic E-state index is 10.9. The largest absolute Gasteiger partial charge is 0.478 e. The molecule has 5 nitrogen and oxygen atoms in total. The van der Waals surface area contributed by atoms with Crippen molar-refractivity contribution in [1.29, 1.82) is 0 Å². The van der Waals surface area contributed by atoms with Crippen LogP contribution in [0.2, 0.25) is 0 Å². The first kappa shape index (κ1) is 9.85. The molecule has 2 N–H and O–H groups in total. The number of carboxylic acid groups (broad SMARTS) is 1. The summed E-state index contributed by atoms with van der Waals surface area (Å²) in [5, 5.41) is 19.0. The molecule has 0 amide bonds. The van der Waals surface area contributed by atoms with Gasteiger partial charge in [0.1, 0.15) is 5.82 Å². The summed E-state index contributed by atoms with van der Waals surface area (Å²) in [4.78, 5) is 15.1. The summed E-state index contributed by atoms with van der Waals surface area (Å²) in [5.41, 5.74) is 0.824. The van der Waals surface area contributed by atoms with Crippen LogP contribution in [0.25, 0.3) is 11.4 Å². The molecule has 0 aliphatic heterocycles. The summed E-state index contributed by atoms with van der Waals surface area (Å²) in [6.07, 6.45) is 0.750. The van der Waals surface area contributed by atoms with Crippen LogP contribution in [-0.4, -0.2) is 26.3 Å². The highest BCUT2D eigenvalue weighted by Gasteiger charge is 2.15. The highest BCUT2D eigenvalue weighted by Crippen LogP contribution is 2.24. The molecule has 2 aromatic heterocycles. The van der Waals surface area contributed by atoms with Gasteiger partial charge in [-0.2, -0.15) is 16.4 Å². The van der Waals surface area contributed by atoms with E-state index in [9.17, 15) is 4.79 Å². The smallest absolute Gasteiger partial charge is 0.337 e. The number of aromatic nitrogens is 3. The summed E-state index contributed by atoms with van der Waals surface area (Å²) in [5.74, 6) is 0.257. The van der Waals surface area contributed by atoms with Crippen molar-refractivity contribution in [3.05, 3.63) is 22.1 Å². The zero-order valence-corrected chi connectivity index (χ0v) is 8.84. The molecule has 0 aliphatic carbocycles. The molecule has 0 saturated heterocycles. The van der Waals surface area contributed by atoms with Crippen LogP contribution in [0.5, 0.6) is 0 Å². The molecule has 0 unspecified atom stereocenters. The molecular weight excluding hydrogens is 214 g/mol. The van der Waals surface area contributed by atoms with Crippen molar-refractivity contribution in [2.45, 2.75) is 13.3 Å². The van der Waals surface area contributed by atoms with Crippen LogP contribution in [0.15, 0.2) is 10.8 Å². The Kier molecular flexibility index (Phi) is 2.51. The number of aromatic carboxylic acids is 1. The fourth-order valence-corrected chi connectivity index (χ4v) is 2.01. The van der Waals surface area contributed by atoms with Crippen molar-refractivity contribution in [2.24, 2.45) is 0 Å². The first-order valence-corrected chi connectivity index (χ1v) is 5.37. The normalized spacial score (nSPS) is 10.5. The van der Waals surface area contributed by atoms with Crippen molar-refractivity contribution in [1.82, 2.24) is 15.2 Å². The zero-order chi connectivity index (χ0) is 10.8. The number of rotatable bonds is 3. The van der Waals surface area contributed by atoms with Gasteiger partial charge in [-0.05, 0) is 0 Å². The Bertz CT molecular complexity index is 489. The molecule has 6 heteroatoms. The molecule has 0 aromatic carbocycles. The third-order valence-electron chi connectivity index (χ3n) is 2.00. The van der Waals surface area contributed by atoms with Gasteiger partial charge in [0.25, 0.3) is 0 Å². The fraction of sp³-hybridized carbons (Fsp3) is 0.222. The molecule has 0 bridgehead atoms. The molecule has 0 fully saturated rings. The molecule has 2 rings (SSSR count). The Morgan fingerprint density at radius 1 is 1.60 bits per heavy atom. The van der Waals surface area contributed by atoms with Crippen LogP contribution in [0.1, 0.15) is 23.1 Å². The van der Waals surface area contributed by atoms with Crippen LogP contribution >= 0.6 is 11.3 Å². The molecule has 0 aliphatic rings. The van der Waals surface area contributed by atoms with E-state index < -0.39 is 5.97 Å². The number of nitrogens with zero attached hydrogens (tertiary/aromatic N) is 2. The minimum atomic E-state index is -0.950. The van der Waals surface area contributed by atoms with E-state index in [2.05, 4.69) is 15.2 Å². The van der Waals surface area contributed by atoms with Crippen LogP contribution < -0.4 is 0 Å². The molecule has 2 aromatic rings. The second-order valence-electron chi connectivity index (χ2n) is 2.96. The van der Waals surface area contributed by atoms with E-state index in [1.54, 1.807) is 10.8 Å². The number of aryl methyl sites for hydroxylation is 1. The van der Waals surface area contributed by atoms with Gasteiger partial charge < -0.3 is 5.11 Å². The number of thiophene rings is 1. The number of carboxylic acids is 1. The van der Waals surface area contributed by atoms with Crippen LogP contribution in [0, 0.1) is 0 Å². The molecule has 0 spiro atoms. The predicted molar refractivity (Wildman–Crippen MR) is 56.0 cm³/mol. The number of H-pyrrole nitrogens is 1. The Hall–Kier alpha value is -1.69. The second-order valence-corrected chi connectivity index (χ2v) is 3.71. The monoisotopic (exact) mass is 223 g/mol. The Balaban J connectivity index is 2.44. The van der Waals surface area contributed by atoms with Gasteiger partial charge in [-0.3, -0.25) is 5.10 Å². The van der Waals surface area contributed by atoms with Gasteiger partial charge in [0, 0.05) is 22.7 Å². The topological polar surface area (TPSA) is 78.9 Å². The highest BCUT2D eigenvalue weighted by molar-refractivity contribution is 7.08. The molecule has 0 atom stereocenters. The number of hydrogen-bond donors (Lipinski definition) is 2. The van der Waals surface area contributed by atoms with E-state index in [0.717, 1.165) is 12.2 Å². The van der Waals surface area contributed by atoms with E-state index in [1.807, 2.05) is 6.92 Å². The maximum Gasteiger partial charge on any atom is 0.337 e. The molecule has 0 radical (unpaired) electrons. The number of hydrogen-bond acceptors (Lipinski definition) is 4. The van der Waals surface area contributed by atoms with Crippen molar-refractivity contribution in [3.63, 3.8) is 0 Å². The standard InChI is InChI=1S/C9H9N3O2S/c1-2-7-10-8(12-11-7)5-3-15-4-6(5)9(13)14/h3-4H,2H2,1H3,(H,13,14)(H,10,11,12). The Morgan fingerprint density at radius 2 is 2.40 bits per heavy atom. The van der Waals surface area contributed by atoms with E-state index in [0.29, 0.717) is 11.4 Å². The summed E-state index contributed by atoms with van der Waals surface area (Å²) in [7, 11) is 0. The van der Waals surface area contributed by atoms with Gasteiger partial charge >= 0.3 is 5.97 Å². The van der Waals surface area contributed by atoms with Crippen molar-refractivity contribution in [3.8, 4) is 11.4 Å². The Morgan fingerprint density at radius 3 is 3.00 bits per heavy atom. The van der Waals surface area contributed by atoms with Crippen LogP contribution in [0.3, 0.4) is 0 Å². The third kappa shape index (κ3) is 1.75. The first-order chi connectivity index (χ1) is 7.22. The van der Waals surface area contributed by atoms with Crippen molar-refractivity contribution < 1.29 is 9.90 Å². The molecular formula is C9H9N3O2S. The van der Waals surface area contributed by atoms with E-state index in [-0.39, 0.29) is 5.56 Å². The Labute approximate surface area is 89.8 Å². The number of carbonyl (C=O) groups is 1. The van der Waals surface area contributed by atoms with E-state index in [4.69, 9.17) is 5.11 Å². The lowest BCUT2D eigenvalue weighted by molar-refractivity contribution is 0.0698. The van der Waals surface area contributed by atoms with Gasteiger partial charge in [0.2, 0.25) is 0 Å². The van der Waals surface area contributed by atoms with Crippen molar-refractivity contribution >= 4 is 17.3 Å². The number of nitrogens with one attached hydrogen (secondary N) is 1. The predicted octanol–water partition coefficient (Wildman–Crippen LogP) is 1.79. The first-order valence-electron chi connectivity index (χ1n) is 4.43. The lowest BCUT2D eigenvalue weighted by Crippen LogP contribution is -1.96. The SMILES string of the molecule is CCc1nc(-c2cscc2C(=O)O)n[nH]1. The average Bonchev–Trinajstić information content (AvgIpc) is 2.85. The summed E-state index contributed by atoms with van der Waals surface area (Å²) >= 11 is 1.33. The van der Waals surface area contributed by atoms with Crippen LogP contribution in [-0.2, 0) is 6.42 Å². The minimum Gasteiger partial charge on any atom is -0.478 e. The van der Waals surface area contributed by atoms with Gasteiger partial charge in [-0.1, -0.05) is 6.92 Å². The molecule has 15 heavy (non-hydrogen) atoms. The zero-order valence-electron chi connectivity index (χ0n) is 8.02. The van der Waals surface area contributed by atoms with Gasteiger partial charge in [-0.15, -0.1) is 0 Å². The highest BCUT2D eigenvalue weighted by atomic mass is 32.1. The fourth-order valence-electron chi connectivity index (χ4n) is 1.21. The average molecular weight is 223 g/mol. The minimum absolute atomic E-state index is 0.252. The van der Waals surface area contributed by atoms with Crippen LogP contribution in [0.4, 0.5) is 0 Å². The van der Waals surface area contributed by atoms with Gasteiger partial charge in [0.15, 0.2) is 5.82 Å². The molecule has 0 saturated carbocycles. The summed E-state index contributed by atoms with van der Waals surface area (Å²) in [6.45, 7) is 1.95. The molecule has 2 heterocycles. The summed E-state index contributed by atoms with van der Waals surface area (Å²) < 4.78 is 0. The van der Waals surface area contributed by atoms with Gasteiger partial charge in [0.05, 0.1) is 5.56 Å². The quantitative estimate of drug-likeness (QED) is 0.831. The lowest BCUT2D eigenvalue weighted by Gasteiger charge is -1.92.